The fraction of sp³-hybridized carbons (Fsp3) is 0.435. The molecule has 0 spiro atoms. The highest BCUT2D eigenvalue weighted by Crippen LogP contribution is 2.34. The lowest BCUT2D eigenvalue weighted by Crippen LogP contribution is -2.46. The summed E-state index contributed by atoms with van der Waals surface area (Å²) in [5, 5.41) is 13.4. The highest BCUT2D eigenvalue weighted by Gasteiger charge is 2.19. The molecule has 2 aromatic rings. The summed E-state index contributed by atoms with van der Waals surface area (Å²) in [6, 6.07) is 16.5. The van der Waals surface area contributed by atoms with Crippen LogP contribution in [0.3, 0.4) is 0 Å². The molecule has 2 aromatic carbocycles. The number of unbranched alkanes of at least 4 members (excludes halogenated alkanes) is 1. The van der Waals surface area contributed by atoms with Gasteiger partial charge in [0, 0.05) is 36.8 Å². The van der Waals surface area contributed by atoms with Gasteiger partial charge in [-0.25, -0.2) is 0 Å². The molecule has 1 unspecified atom stereocenters. The molecule has 2 aliphatic rings. The van der Waals surface area contributed by atoms with E-state index < -0.39 is 6.10 Å². The van der Waals surface area contributed by atoms with Crippen LogP contribution in [0.15, 0.2) is 53.4 Å². The van der Waals surface area contributed by atoms with E-state index in [9.17, 15) is 9.90 Å². The molecule has 154 valence electrons. The Morgan fingerprint density at radius 1 is 1.03 bits per heavy atom. The van der Waals surface area contributed by atoms with Crippen LogP contribution in [0.25, 0.3) is 0 Å². The van der Waals surface area contributed by atoms with Crippen LogP contribution in [-0.4, -0.2) is 54.4 Å². The molecule has 1 fully saturated rings. The number of piperazine rings is 1. The molecule has 6 heteroatoms. The summed E-state index contributed by atoms with van der Waals surface area (Å²) in [4.78, 5) is 17.6. The van der Waals surface area contributed by atoms with Crippen molar-refractivity contribution >= 4 is 29.0 Å². The second kappa shape index (κ2) is 9.65. The molecular formula is C23H29N3O2S. The molecule has 2 N–H and O–H groups in total. The zero-order valence-electron chi connectivity index (χ0n) is 16.7. The smallest absolute Gasteiger partial charge is 0.234 e. The number of nitrogens with one attached hydrogen (secondary N) is 1. The van der Waals surface area contributed by atoms with Gasteiger partial charge in [0.25, 0.3) is 0 Å². The number of benzene rings is 2. The number of fused-ring (bicyclic) bond motifs is 1. The molecule has 0 radical (unpaired) electrons. The predicted molar refractivity (Wildman–Crippen MR) is 120 cm³/mol. The second-order valence-electron chi connectivity index (χ2n) is 7.77. The molecule has 0 aromatic heterocycles. The van der Waals surface area contributed by atoms with Crippen LogP contribution < -0.4 is 10.2 Å². The zero-order chi connectivity index (χ0) is 20.1. The minimum absolute atomic E-state index is 0.0292. The first-order valence-electron chi connectivity index (χ1n) is 10.5. The number of aliphatic hydroxyl groups excluding tert-OH is 1. The maximum absolute atomic E-state index is 11.6. The molecule has 29 heavy (non-hydrogen) atoms. The van der Waals surface area contributed by atoms with Gasteiger partial charge in [-0.15, -0.1) is 11.8 Å². The van der Waals surface area contributed by atoms with Crippen molar-refractivity contribution in [3.63, 3.8) is 0 Å². The van der Waals surface area contributed by atoms with Crippen molar-refractivity contribution < 1.29 is 9.90 Å². The molecule has 0 bridgehead atoms. The SMILES string of the molecule is O=C1CSc2ccc(C(O)CCCCN3CCN(c4ccccc4)CC3)cc2N1. The molecule has 1 amide bonds. The van der Waals surface area contributed by atoms with E-state index in [2.05, 4.69) is 45.4 Å². The number of anilines is 2. The van der Waals surface area contributed by atoms with Crippen molar-refractivity contribution in [1.82, 2.24) is 4.90 Å². The number of thioether (sulfide) groups is 1. The predicted octanol–water partition coefficient (Wildman–Crippen LogP) is 3.76. The highest BCUT2D eigenvalue weighted by atomic mass is 32.2. The Balaban J connectivity index is 1.17. The molecule has 0 saturated carbocycles. The first-order valence-corrected chi connectivity index (χ1v) is 11.4. The van der Waals surface area contributed by atoms with Gasteiger partial charge in [-0.05, 0) is 55.6 Å². The van der Waals surface area contributed by atoms with Crippen LogP contribution in [0, 0.1) is 0 Å². The molecule has 4 rings (SSSR count). The number of amides is 1. The number of aliphatic hydroxyl groups is 1. The Kier molecular flexibility index (Phi) is 6.74. The topological polar surface area (TPSA) is 55.8 Å². The highest BCUT2D eigenvalue weighted by molar-refractivity contribution is 8.00. The fourth-order valence-electron chi connectivity index (χ4n) is 4.02. The Labute approximate surface area is 177 Å². The van der Waals surface area contributed by atoms with Crippen LogP contribution in [0.4, 0.5) is 11.4 Å². The summed E-state index contributed by atoms with van der Waals surface area (Å²) in [6.45, 7) is 5.43. The lowest BCUT2D eigenvalue weighted by atomic mass is 10.0. The third kappa shape index (κ3) is 5.32. The molecule has 2 aliphatic heterocycles. The molecule has 2 heterocycles. The summed E-state index contributed by atoms with van der Waals surface area (Å²) in [7, 11) is 0. The van der Waals surface area contributed by atoms with Crippen molar-refractivity contribution in [2.75, 3.05) is 48.7 Å². The van der Waals surface area contributed by atoms with Gasteiger partial charge >= 0.3 is 0 Å². The van der Waals surface area contributed by atoms with Crippen LogP contribution in [-0.2, 0) is 4.79 Å². The molecular weight excluding hydrogens is 382 g/mol. The number of carbonyl (C=O) groups is 1. The van der Waals surface area contributed by atoms with Gasteiger partial charge in [0.1, 0.15) is 0 Å². The zero-order valence-corrected chi connectivity index (χ0v) is 17.5. The Bertz CT molecular complexity index is 822. The summed E-state index contributed by atoms with van der Waals surface area (Å²) in [5.74, 6) is 0.496. The molecule has 0 aliphatic carbocycles. The van der Waals surface area contributed by atoms with Crippen molar-refractivity contribution in [3.05, 3.63) is 54.1 Å². The van der Waals surface area contributed by atoms with E-state index in [4.69, 9.17) is 0 Å². The number of nitrogens with zero attached hydrogens (tertiary/aromatic N) is 2. The van der Waals surface area contributed by atoms with Gasteiger partial charge in [-0.2, -0.15) is 0 Å². The largest absolute Gasteiger partial charge is 0.388 e. The van der Waals surface area contributed by atoms with E-state index in [-0.39, 0.29) is 5.91 Å². The Morgan fingerprint density at radius 2 is 1.83 bits per heavy atom. The third-order valence-corrected chi connectivity index (χ3v) is 6.79. The maximum atomic E-state index is 11.6. The van der Waals surface area contributed by atoms with E-state index in [1.165, 1.54) is 5.69 Å². The van der Waals surface area contributed by atoms with E-state index >= 15 is 0 Å². The van der Waals surface area contributed by atoms with Crippen molar-refractivity contribution in [1.29, 1.82) is 0 Å². The molecule has 1 saturated heterocycles. The average Bonchev–Trinajstić information content (AvgIpc) is 2.77. The summed E-state index contributed by atoms with van der Waals surface area (Å²) >= 11 is 1.55. The van der Waals surface area contributed by atoms with Crippen molar-refractivity contribution in [2.24, 2.45) is 0 Å². The van der Waals surface area contributed by atoms with Gasteiger partial charge in [0.05, 0.1) is 17.5 Å². The number of carbonyl (C=O) groups excluding carboxylic acids is 1. The van der Waals surface area contributed by atoms with E-state index in [0.29, 0.717) is 5.75 Å². The number of hydrogen-bond acceptors (Lipinski definition) is 5. The average molecular weight is 412 g/mol. The summed E-state index contributed by atoms with van der Waals surface area (Å²) in [6.07, 6.45) is 2.38. The fourth-order valence-corrected chi connectivity index (χ4v) is 4.80. The van der Waals surface area contributed by atoms with Gasteiger partial charge < -0.3 is 15.3 Å². The van der Waals surface area contributed by atoms with Gasteiger partial charge in [-0.1, -0.05) is 24.3 Å². The third-order valence-electron chi connectivity index (χ3n) is 5.72. The normalized spacial score (nSPS) is 18.2. The van der Waals surface area contributed by atoms with E-state index in [0.717, 1.165) is 68.1 Å². The molecule has 5 nitrogen and oxygen atoms in total. The van der Waals surface area contributed by atoms with Crippen molar-refractivity contribution in [2.45, 2.75) is 30.3 Å². The maximum Gasteiger partial charge on any atom is 0.234 e. The summed E-state index contributed by atoms with van der Waals surface area (Å²) in [5.41, 5.74) is 3.04. The van der Waals surface area contributed by atoms with Crippen LogP contribution in [0.2, 0.25) is 0 Å². The van der Waals surface area contributed by atoms with E-state index in [1.807, 2.05) is 18.2 Å². The second-order valence-corrected chi connectivity index (χ2v) is 8.79. The monoisotopic (exact) mass is 411 g/mol. The van der Waals surface area contributed by atoms with Gasteiger partial charge in [-0.3, -0.25) is 9.69 Å². The van der Waals surface area contributed by atoms with Gasteiger partial charge in [0.2, 0.25) is 5.91 Å². The lowest BCUT2D eigenvalue weighted by Gasteiger charge is -2.36. The molecule has 1 atom stereocenters. The Morgan fingerprint density at radius 3 is 2.62 bits per heavy atom. The number of hydrogen-bond donors (Lipinski definition) is 2. The minimum atomic E-state index is -0.473. The van der Waals surface area contributed by atoms with Crippen LogP contribution >= 0.6 is 11.8 Å². The lowest BCUT2D eigenvalue weighted by molar-refractivity contribution is -0.113. The number of rotatable bonds is 7. The quantitative estimate of drug-likeness (QED) is 0.680. The first-order chi connectivity index (χ1) is 14.2. The number of para-hydroxylation sites is 1. The Hall–Kier alpha value is -2.02. The first kappa shape index (κ1) is 20.3. The standard InChI is InChI=1S/C23H29N3O2S/c27-21(18-9-10-22-20(16-18)24-23(28)17-29-22)8-4-5-11-25-12-14-26(15-13-25)19-6-2-1-3-7-19/h1-3,6-7,9-10,16,21,27H,4-5,8,11-15,17H2,(H,24,28). The summed E-state index contributed by atoms with van der Waals surface area (Å²) < 4.78 is 0. The van der Waals surface area contributed by atoms with Crippen LogP contribution in [0.5, 0.6) is 0 Å². The van der Waals surface area contributed by atoms with Crippen LogP contribution in [0.1, 0.15) is 30.9 Å². The van der Waals surface area contributed by atoms with E-state index in [1.54, 1.807) is 11.8 Å². The van der Waals surface area contributed by atoms with Crippen molar-refractivity contribution in [3.8, 4) is 0 Å². The van der Waals surface area contributed by atoms with Gasteiger partial charge in [0.15, 0.2) is 0 Å². The minimum Gasteiger partial charge on any atom is -0.388 e.